The van der Waals surface area contributed by atoms with E-state index in [-0.39, 0.29) is 12.1 Å². The number of amides is 2. The SMILES string of the molecule is COc1ccc(C2c3cccn3CCN2C(=O)Nc2ccc(OC)c(OC)c2)cc1. The molecule has 4 rings (SSSR count). The lowest BCUT2D eigenvalue weighted by Gasteiger charge is -2.37. The maximum atomic E-state index is 13.3. The number of carbonyl (C=O) groups is 1. The Kier molecular flexibility index (Phi) is 5.52. The predicted octanol–water partition coefficient (Wildman–Crippen LogP) is 4.15. The minimum atomic E-state index is -0.195. The van der Waals surface area contributed by atoms with E-state index in [1.807, 2.05) is 35.2 Å². The number of aromatic nitrogens is 1. The highest BCUT2D eigenvalue weighted by atomic mass is 16.5. The molecule has 2 heterocycles. The number of hydrogen-bond acceptors (Lipinski definition) is 4. The molecule has 2 amide bonds. The van der Waals surface area contributed by atoms with Crippen molar-refractivity contribution >= 4 is 11.7 Å². The van der Waals surface area contributed by atoms with Gasteiger partial charge in [0.15, 0.2) is 11.5 Å². The summed E-state index contributed by atoms with van der Waals surface area (Å²) >= 11 is 0. The summed E-state index contributed by atoms with van der Waals surface area (Å²) in [6.45, 7) is 1.34. The first-order valence-corrected chi connectivity index (χ1v) is 9.73. The summed E-state index contributed by atoms with van der Waals surface area (Å²) < 4.78 is 18.1. The van der Waals surface area contributed by atoms with Crippen molar-refractivity contribution in [1.29, 1.82) is 0 Å². The van der Waals surface area contributed by atoms with Gasteiger partial charge in [-0.05, 0) is 42.0 Å². The third kappa shape index (κ3) is 3.66. The van der Waals surface area contributed by atoms with E-state index < -0.39 is 0 Å². The van der Waals surface area contributed by atoms with Crippen LogP contribution in [-0.2, 0) is 6.54 Å². The van der Waals surface area contributed by atoms with E-state index in [0.717, 1.165) is 23.6 Å². The second kappa shape index (κ2) is 8.41. The van der Waals surface area contributed by atoms with E-state index in [9.17, 15) is 4.79 Å². The summed E-state index contributed by atoms with van der Waals surface area (Å²) in [6.07, 6.45) is 2.05. The zero-order valence-electron chi connectivity index (χ0n) is 17.3. The second-order valence-electron chi connectivity index (χ2n) is 7.00. The number of methoxy groups -OCH3 is 3. The van der Waals surface area contributed by atoms with Gasteiger partial charge in [-0.15, -0.1) is 0 Å². The minimum Gasteiger partial charge on any atom is -0.497 e. The average molecular weight is 407 g/mol. The Morgan fingerprint density at radius 3 is 2.40 bits per heavy atom. The summed E-state index contributed by atoms with van der Waals surface area (Å²) in [6, 6.07) is 16.9. The third-order valence-electron chi connectivity index (χ3n) is 5.37. The summed E-state index contributed by atoms with van der Waals surface area (Å²) in [4.78, 5) is 15.1. The van der Waals surface area contributed by atoms with Crippen LogP contribution in [0.4, 0.5) is 10.5 Å². The van der Waals surface area contributed by atoms with Crippen LogP contribution in [-0.4, -0.2) is 43.4 Å². The number of anilines is 1. The third-order valence-corrected chi connectivity index (χ3v) is 5.37. The molecule has 2 aromatic carbocycles. The van der Waals surface area contributed by atoms with Crippen molar-refractivity contribution in [3.05, 3.63) is 72.1 Å². The molecule has 30 heavy (non-hydrogen) atoms. The Balaban J connectivity index is 1.63. The van der Waals surface area contributed by atoms with Gasteiger partial charge in [0.25, 0.3) is 0 Å². The van der Waals surface area contributed by atoms with Crippen LogP contribution in [0.25, 0.3) is 0 Å². The van der Waals surface area contributed by atoms with Crippen molar-refractivity contribution < 1.29 is 19.0 Å². The maximum Gasteiger partial charge on any atom is 0.322 e. The van der Waals surface area contributed by atoms with Crippen molar-refractivity contribution in [2.24, 2.45) is 0 Å². The van der Waals surface area contributed by atoms with Crippen LogP contribution in [0.1, 0.15) is 17.3 Å². The van der Waals surface area contributed by atoms with Crippen LogP contribution < -0.4 is 19.5 Å². The summed E-state index contributed by atoms with van der Waals surface area (Å²) in [7, 11) is 4.80. The predicted molar refractivity (Wildman–Crippen MR) is 115 cm³/mol. The Morgan fingerprint density at radius 2 is 1.70 bits per heavy atom. The van der Waals surface area contributed by atoms with Gasteiger partial charge in [0.1, 0.15) is 5.75 Å². The highest BCUT2D eigenvalue weighted by Gasteiger charge is 2.32. The van der Waals surface area contributed by atoms with Crippen LogP contribution in [0.3, 0.4) is 0 Å². The molecule has 0 radical (unpaired) electrons. The highest BCUT2D eigenvalue weighted by molar-refractivity contribution is 5.90. The molecule has 0 saturated carbocycles. The number of nitrogens with one attached hydrogen (secondary N) is 1. The molecule has 0 aliphatic carbocycles. The van der Waals surface area contributed by atoms with E-state index in [2.05, 4.69) is 22.1 Å². The molecule has 0 bridgehead atoms. The molecule has 1 aliphatic rings. The molecule has 3 aromatic rings. The lowest BCUT2D eigenvalue weighted by atomic mass is 10.00. The lowest BCUT2D eigenvalue weighted by Crippen LogP contribution is -2.44. The highest BCUT2D eigenvalue weighted by Crippen LogP contribution is 2.34. The van der Waals surface area contributed by atoms with E-state index in [4.69, 9.17) is 14.2 Å². The summed E-state index contributed by atoms with van der Waals surface area (Å²) in [5.74, 6) is 1.96. The Morgan fingerprint density at radius 1 is 0.933 bits per heavy atom. The first kappa shape index (κ1) is 19.7. The van der Waals surface area contributed by atoms with Crippen LogP contribution >= 0.6 is 0 Å². The second-order valence-corrected chi connectivity index (χ2v) is 7.00. The molecule has 1 atom stereocenters. The van der Waals surface area contributed by atoms with E-state index in [1.54, 1.807) is 39.5 Å². The number of nitrogens with zero attached hydrogens (tertiary/aromatic N) is 2. The van der Waals surface area contributed by atoms with Crippen LogP contribution in [0, 0.1) is 0 Å². The number of ether oxygens (including phenoxy) is 3. The van der Waals surface area contributed by atoms with Gasteiger partial charge in [-0.25, -0.2) is 4.79 Å². The van der Waals surface area contributed by atoms with Gasteiger partial charge >= 0.3 is 6.03 Å². The molecule has 1 N–H and O–H groups in total. The number of hydrogen-bond donors (Lipinski definition) is 1. The zero-order valence-corrected chi connectivity index (χ0v) is 17.3. The van der Waals surface area contributed by atoms with Crippen LogP contribution in [0.5, 0.6) is 17.2 Å². The fourth-order valence-electron chi connectivity index (χ4n) is 3.85. The molecule has 1 aliphatic heterocycles. The average Bonchev–Trinajstić information content (AvgIpc) is 3.27. The fourth-order valence-corrected chi connectivity index (χ4v) is 3.85. The molecular formula is C23H25N3O4. The number of urea groups is 1. The van der Waals surface area contributed by atoms with Crippen molar-refractivity contribution in [3.63, 3.8) is 0 Å². The van der Waals surface area contributed by atoms with Gasteiger partial charge in [-0.3, -0.25) is 0 Å². The fraction of sp³-hybridized carbons (Fsp3) is 0.261. The molecule has 1 unspecified atom stereocenters. The van der Waals surface area contributed by atoms with Gasteiger partial charge < -0.3 is 29.0 Å². The van der Waals surface area contributed by atoms with Crippen molar-refractivity contribution in [2.45, 2.75) is 12.6 Å². The van der Waals surface area contributed by atoms with E-state index in [0.29, 0.717) is 23.7 Å². The standard InChI is InChI=1S/C23H25N3O4/c1-28-18-9-6-16(7-10-18)22-19-5-4-12-25(19)13-14-26(22)23(27)24-17-8-11-20(29-2)21(15-17)30-3/h4-12,15,22H,13-14H2,1-3H3,(H,24,27). The zero-order chi connectivity index (χ0) is 21.1. The van der Waals surface area contributed by atoms with Crippen molar-refractivity contribution in [3.8, 4) is 17.2 Å². The molecule has 1 aromatic heterocycles. The van der Waals surface area contributed by atoms with E-state index >= 15 is 0 Å². The van der Waals surface area contributed by atoms with Gasteiger partial charge in [-0.1, -0.05) is 12.1 Å². The number of benzene rings is 2. The number of carbonyl (C=O) groups excluding carboxylic acids is 1. The lowest BCUT2D eigenvalue weighted by molar-refractivity contribution is 0.182. The first-order chi connectivity index (χ1) is 14.6. The monoisotopic (exact) mass is 407 g/mol. The van der Waals surface area contributed by atoms with Gasteiger partial charge in [0.2, 0.25) is 0 Å². The van der Waals surface area contributed by atoms with Crippen molar-refractivity contribution in [1.82, 2.24) is 9.47 Å². The maximum absolute atomic E-state index is 13.3. The summed E-state index contributed by atoms with van der Waals surface area (Å²) in [5.41, 5.74) is 2.75. The molecule has 0 fully saturated rings. The number of fused-ring (bicyclic) bond motifs is 1. The first-order valence-electron chi connectivity index (χ1n) is 9.73. The molecule has 7 heteroatoms. The molecule has 156 valence electrons. The minimum absolute atomic E-state index is 0.171. The number of rotatable bonds is 5. The van der Waals surface area contributed by atoms with Crippen molar-refractivity contribution in [2.75, 3.05) is 33.2 Å². The molecular weight excluding hydrogens is 382 g/mol. The van der Waals surface area contributed by atoms with Gasteiger partial charge in [0.05, 0.1) is 27.4 Å². The van der Waals surface area contributed by atoms with Crippen LogP contribution in [0.15, 0.2) is 60.8 Å². The van der Waals surface area contributed by atoms with E-state index in [1.165, 1.54) is 0 Å². The normalized spacial score (nSPS) is 15.3. The molecule has 7 nitrogen and oxygen atoms in total. The van der Waals surface area contributed by atoms with Gasteiger partial charge in [-0.2, -0.15) is 0 Å². The largest absolute Gasteiger partial charge is 0.497 e. The molecule has 0 spiro atoms. The smallest absolute Gasteiger partial charge is 0.322 e. The quantitative estimate of drug-likeness (QED) is 0.690. The van der Waals surface area contributed by atoms with Crippen LogP contribution in [0.2, 0.25) is 0 Å². The topological polar surface area (TPSA) is 65.0 Å². The Labute approximate surface area is 175 Å². The van der Waals surface area contributed by atoms with Gasteiger partial charge in [0, 0.05) is 36.7 Å². The molecule has 0 saturated heterocycles. The summed E-state index contributed by atoms with van der Waals surface area (Å²) in [5, 5.41) is 3.00. The Bertz CT molecular complexity index is 1030. The Hall–Kier alpha value is -3.61.